The fourth-order valence-corrected chi connectivity index (χ4v) is 1.23. The van der Waals surface area contributed by atoms with Gasteiger partial charge in [-0.15, -0.1) is 0 Å². The third kappa shape index (κ3) is 4.44. The fourth-order valence-electron chi connectivity index (χ4n) is 1.23. The second-order valence-electron chi connectivity index (χ2n) is 3.41. The zero-order chi connectivity index (χ0) is 11.1. The highest BCUT2D eigenvalue weighted by molar-refractivity contribution is 5.78. The van der Waals surface area contributed by atoms with Gasteiger partial charge in [0.15, 0.2) is 0 Å². The Kier molecular flexibility index (Phi) is 4.59. The summed E-state index contributed by atoms with van der Waals surface area (Å²) in [5, 5.41) is 2.96. The lowest BCUT2D eigenvalue weighted by Gasteiger charge is -1.97. The van der Waals surface area contributed by atoms with Crippen molar-refractivity contribution in [3.05, 3.63) is 35.4 Å². The maximum atomic E-state index is 10.9. The van der Waals surface area contributed by atoms with Gasteiger partial charge in [-0.3, -0.25) is 4.79 Å². The summed E-state index contributed by atoms with van der Waals surface area (Å²) in [6.07, 6.45) is 0.504. The molecule has 0 spiro atoms. The lowest BCUT2D eigenvalue weighted by atomic mass is 10.1. The molecule has 0 aliphatic heterocycles. The van der Waals surface area contributed by atoms with Crippen LogP contribution < -0.4 is 5.32 Å². The molecule has 0 amide bonds. The molecule has 1 aromatic carbocycles. The first-order valence-corrected chi connectivity index (χ1v) is 4.94. The SMILES string of the molecule is CNCC#Cc1ccc(CC(C)=O)cc1. The Balaban J connectivity index is 2.65. The van der Waals surface area contributed by atoms with E-state index in [2.05, 4.69) is 17.2 Å². The Morgan fingerprint density at radius 1 is 1.33 bits per heavy atom. The highest BCUT2D eigenvalue weighted by atomic mass is 16.1. The molecule has 0 aromatic heterocycles. The molecule has 2 heteroatoms. The minimum atomic E-state index is 0.184. The monoisotopic (exact) mass is 201 g/mol. The zero-order valence-corrected chi connectivity index (χ0v) is 9.13. The number of rotatable bonds is 3. The second-order valence-corrected chi connectivity index (χ2v) is 3.41. The van der Waals surface area contributed by atoms with Crippen molar-refractivity contribution in [3.8, 4) is 11.8 Å². The van der Waals surface area contributed by atoms with Gasteiger partial charge >= 0.3 is 0 Å². The van der Waals surface area contributed by atoms with Gasteiger partial charge in [-0.25, -0.2) is 0 Å². The Morgan fingerprint density at radius 2 is 2.00 bits per heavy atom. The molecule has 0 heterocycles. The maximum Gasteiger partial charge on any atom is 0.134 e. The van der Waals surface area contributed by atoms with E-state index in [1.165, 1.54) is 0 Å². The summed E-state index contributed by atoms with van der Waals surface area (Å²) in [6, 6.07) is 7.79. The minimum Gasteiger partial charge on any atom is -0.309 e. The van der Waals surface area contributed by atoms with Gasteiger partial charge in [0.2, 0.25) is 0 Å². The molecule has 1 aromatic rings. The summed E-state index contributed by atoms with van der Waals surface area (Å²) in [7, 11) is 1.87. The van der Waals surface area contributed by atoms with Gasteiger partial charge in [0, 0.05) is 12.0 Å². The predicted molar refractivity (Wildman–Crippen MR) is 61.6 cm³/mol. The van der Waals surface area contributed by atoms with Crippen molar-refractivity contribution in [3.63, 3.8) is 0 Å². The summed E-state index contributed by atoms with van der Waals surface area (Å²) in [6.45, 7) is 2.29. The first-order valence-electron chi connectivity index (χ1n) is 4.94. The van der Waals surface area contributed by atoms with Crippen LogP contribution in [0.1, 0.15) is 18.1 Å². The minimum absolute atomic E-state index is 0.184. The van der Waals surface area contributed by atoms with E-state index in [0.717, 1.165) is 11.1 Å². The quantitative estimate of drug-likeness (QED) is 0.749. The molecule has 0 atom stereocenters. The number of Topliss-reactive ketones (excluding diaryl/α,β-unsaturated/α-hetero) is 1. The molecule has 0 aliphatic rings. The van der Waals surface area contributed by atoms with Gasteiger partial charge in [-0.05, 0) is 31.7 Å². The Bertz CT molecular complexity index is 381. The third-order valence-electron chi connectivity index (χ3n) is 1.90. The van der Waals surface area contributed by atoms with Crippen molar-refractivity contribution in [2.24, 2.45) is 0 Å². The topological polar surface area (TPSA) is 29.1 Å². The van der Waals surface area contributed by atoms with Crippen molar-refractivity contribution >= 4 is 5.78 Å². The maximum absolute atomic E-state index is 10.9. The molecule has 0 aliphatic carbocycles. The van der Waals surface area contributed by atoms with Crippen LogP contribution in [0.2, 0.25) is 0 Å². The molecule has 0 fully saturated rings. The molecule has 0 bridgehead atoms. The van der Waals surface area contributed by atoms with Crippen LogP contribution in [0.4, 0.5) is 0 Å². The van der Waals surface area contributed by atoms with E-state index in [4.69, 9.17) is 0 Å². The molecular formula is C13H15NO. The van der Waals surface area contributed by atoms with Crippen LogP contribution in [0.15, 0.2) is 24.3 Å². The first kappa shape index (κ1) is 11.5. The van der Waals surface area contributed by atoms with Crippen LogP contribution in [-0.4, -0.2) is 19.4 Å². The van der Waals surface area contributed by atoms with E-state index in [1.54, 1.807) is 6.92 Å². The number of ketones is 1. The summed E-state index contributed by atoms with van der Waals surface area (Å²) < 4.78 is 0. The van der Waals surface area contributed by atoms with Crippen LogP contribution in [0.3, 0.4) is 0 Å². The molecule has 0 unspecified atom stereocenters. The van der Waals surface area contributed by atoms with Crippen molar-refractivity contribution < 1.29 is 4.79 Å². The van der Waals surface area contributed by atoms with Crippen molar-refractivity contribution in [1.82, 2.24) is 5.32 Å². The number of carbonyl (C=O) groups is 1. The predicted octanol–water partition coefficient (Wildman–Crippen LogP) is 1.39. The van der Waals surface area contributed by atoms with E-state index < -0.39 is 0 Å². The van der Waals surface area contributed by atoms with E-state index >= 15 is 0 Å². The van der Waals surface area contributed by atoms with Gasteiger partial charge in [0.05, 0.1) is 6.54 Å². The number of hydrogen-bond acceptors (Lipinski definition) is 2. The summed E-state index contributed by atoms with van der Waals surface area (Å²) in [4.78, 5) is 10.9. The normalized spacial score (nSPS) is 9.20. The molecule has 0 saturated heterocycles. The smallest absolute Gasteiger partial charge is 0.134 e. The van der Waals surface area contributed by atoms with E-state index in [-0.39, 0.29) is 5.78 Å². The molecule has 2 nitrogen and oxygen atoms in total. The van der Waals surface area contributed by atoms with Gasteiger partial charge in [0.1, 0.15) is 5.78 Å². The van der Waals surface area contributed by atoms with Crippen LogP contribution >= 0.6 is 0 Å². The van der Waals surface area contributed by atoms with Gasteiger partial charge in [0.25, 0.3) is 0 Å². The Hall–Kier alpha value is -1.59. The van der Waals surface area contributed by atoms with Crippen molar-refractivity contribution in [2.75, 3.05) is 13.6 Å². The van der Waals surface area contributed by atoms with Crippen LogP contribution in [0, 0.1) is 11.8 Å². The average Bonchev–Trinajstić information content (AvgIpc) is 2.20. The van der Waals surface area contributed by atoms with Crippen LogP contribution in [0.5, 0.6) is 0 Å². The van der Waals surface area contributed by atoms with Gasteiger partial charge in [-0.1, -0.05) is 24.0 Å². The largest absolute Gasteiger partial charge is 0.309 e. The molecule has 15 heavy (non-hydrogen) atoms. The van der Waals surface area contributed by atoms with Crippen LogP contribution in [0.25, 0.3) is 0 Å². The number of nitrogens with one attached hydrogen (secondary N) is 1. The highest BCUT2D eigenvalue weighted by Gasteiger charge is 1.96. The van der Waals surface area contributed by atoms with E-state index in [9.17, 15) is 4.79 Å². The molecule has 1 rings (SSSR count). The standard InChI is InChI=1S/C13H15NO/c1-11(15)10-13-7-5-12(6-8-13)4-3-9-14-2/h5-8,14H,9-10H2,1-2H3. The van der Waals surface area contributed by atoms with E-state index in [1.807, 2.05) is 31.3 Å². The average molecular weight is 201 g/mol. The van der Waals surface area contributed by atoms with Crippen LogP contribution in [-0.2, 0) is 11.2 Å². The molecule has 0 radical (unpaired) electrons. The molecule has 78 valence electrons. The van der Waals surface area contributed by atoms with Gasteiger partial charge < -0.3 is 5.32 Å². The summed E-state index contributed by atoms with van der Waals surface area (Å²) >= 11 is 0. The number of benzene rings is 1. The first-order chi connectivity index (χ1) is 7.22. The number of hydrogen-bond donors (Lipinski definition) is 1. The summed E-state index contributed by atoms with van der Waals surface area (Å²) in [5.41, 5.74) is 2.03. The van der Waals surface area contributed by atoms with Crippen molar-refractivity contribution in [2.45, 2.75) is 13.3 Å². The zero-order valence-electron chi connectivity index (χ0n) is 9.13. The Labute approximate surface area is 90.7 Å². The molecule has 0 saturated carbocycles. The van der Waals surface area contributed by atoms with Crippen molar-refractivity contribution in [1.29, 1.82) is 0 Å². The molecular weight excluding hydrogens is 186 g/mol. The Morgan fingerprint density at radius 3 is 2.53 bits per heavy atom. The highest BCUT2D eigenvalue weighted by Crippen LogP contribution is 2.04. The van der Waals surface area contributed by atoms with E-state index in [0.29, 0.717) is 13.0 Å². The third-order valence-corrected chi connectivity index (χ3v) is 1.90. The lowest BCUT2D eigenvalue weighted by Crippen LogP contribution is -2.04. The van der Waals surface area contributed by atoms with Gasteiger partial charge in [-0.2, -0.15) is 0 Å². The fraction of sp³-hybridized carbons (Fsp3) is 0.308. The number of carbonyl (C=O) groups excluding carboxylic acids is 1. The lowest BCUT2D eigenvalue weighted by molar-refractivity contribution is -0.116. The summed E-state index contributed by atoms with van der Waals surface area (Å²) in [5.74, 6) is 6.20. The second kappa shape index (κ2) is 6.00. The molecule has 1 N–H and O–H groups in total.